The molecule has 0 saturated carbocycles. The van der Waals surface area contributed by atoms with Crippen molar-refractivity contribution in [2.45, 2.75) is 13.5 Å². The summed E-state index contributed by atoms with van der Waals surface area (Å²) in [7, 11) is 0. The van der Waals surface area contributed by atoms with Crippen molar-refractivity contribution in [3.63, 3.8) is 0 Å². The summed E-state index contributed by atoms with van der Waals surface area (Å²) in [6, 6.07) is 11.2. The van der Waals surface area contributed by atoms with Crippen LogP contribution in [-0.2, 0) is 11.3 Å². The average Bonchev–Trinajstić information content (AvgIpc) is 3.09. The highest BCUT2D eigenvalue weighted by Crippen LogP contribution is 2.25. The van der Waals surface area contributed by atoms with E-state index in [0.29, 0.717) is 5.89 Å². The van der Waals surface area contributed by atoms with Crippen LogP contribution in [0, 0.1) is 17.0 Å². The molecule has 8 nitrogen and oxygen atoms in total. The van der Waals surface area contributed by atoms with Gasteiger partial charge in [0.25, 0.3) is 11.6 Å². The van der Waals surface area contributed by atoms with Gasteiger partial charge in [-0.25, -0.2) is 4.79 Å². The zero-order valence-electron chi connectivity index (χ0n) is 13.5. The average molecular weight is 374 g/mol. The highest BCUT2D eigenvalue weighted by molar-refractivity contribution is 6.32. The predicted octanol–water partition coefficient (Wildman–Crippen LogP) is 3.96. The summed E-state index contributed by atoms with van der Waals surface area (Å²) in [6.07, 6.45) is 0. The van der Waals surface area contributed by atoms with Crippen molar-refractivity contribution in [2.24, 2.45) is 0 Å². The minimum Gasteiger partial charge on any atom is -0.452 e. The molecule has 3 aromatic rings. The summed E-state index contributed by atoms with van der Waals surface area (Å²) in [5.74, 6) is -0.347. The molecule has 0 spiro atoms. The van der Waals surface area contributed by atoms with Crippen LogP contribution < -0.4 is 0 Å². The van der Waals surface area contributed by atoms with Gasteiger partial charge in [0, 0.05) is 11.6 Å². The quantitative estimate of drug-likeness (QED) is 0.378. The lowest BCUT2D eigenvalue weighted by molar-refractivity contribution is -0.384. The van der Waals surface area contributed by atoms with Crippen molar-refractivity contribution < 1.29 is 18.9 Å². The number of rotatable bonds is 5. The van der Waals surface area contributed by atoms with Gasteiger partial charge in [0.1, 0.15) is 5.02 Å². The van der Waals surface area contributed by atoms with Gasteiger partial charge in [0.2, 0.25) is 5.89 Å². The number of benzene rings is 2. The Bertz CT molecular complexity index is 986. The fraction of sp³-hybridized carbons (Fsp3) is 0.118. The van der Waals surface area contributed by atoms with Crippen LogP contribution in [0.4, 0.5) is 5.69 Å². The number of ether oxygens (including phenoxy) is 1. The van der Waals surface area contributed by atoms with Gasteiger partial charge >= 0.3 is 5.97 Å². The van der Waals surface area contributed by atoms with Crippen molar-refractivity contribution in [1.82, 2.24) is 10.2 Å². The molecule has 26 heavy (non-hydrogen) atoms. The van der Waals surface area contributed by atoms with E-state index in [1.54, 1.807) is 0 Å². The normalized spacial score (nSPS) is 10.5. The second-order valence-corrected chi connectivity index (χ2v) is 5.78. The van der Waals surface area contributed by atoms with Gasteiger partial charge in [-0.2, -0.15) is 0 Å². The van der Waals surface area contributed by atoms with E-state index in [4.69, 9.17) is 20.8 Å². The van der Waals surface area contributed by atoms with Crippen LogP contribution in [0.25, 0.3) is 11.5 Å². The van der Waals surface area contributed by atoms with Crippen molar-refractivity contribution in [1.29, 1.82) is 0 Å². The number of aryl methyl sites for hydroxylation is 1. The first-order valence-electron chi connectivity index (χ1n) is 7.44. The number of hydrogen-bond donors (Lipinski definition) is 0. The second-order valence-electron chi connectivity index (χ2n) is 5.37. The zero-order chi connectivity index (χ0) is 18.7. The third kappa shape index (κ3) is 3.86. The minimum absolute atomic E-state index is 0.000442. The van der Waals surface area contributed by atoms with E-state index in [1.165, 1.54) is 12.1 Å². The Kier molecular flexibility index (Phi) is 4.94. The van der Waals surface area contributed by atoms with Crippen LogP contribution in [0.2, 0.25) is 5.02 Å². The highest BCUT2D eigenvalue weighted by Gasteiger charge is 2.18. The fourth-order valence-corrected chi connectivity index (χ4v) is 2.38. The molecule has 0 atom stereocenters. The van der Waals surface area contributed by atoms with Gasteiger partial charge in [-0.1, -0.05) is 29.3 Å². The number of carbonyl (C=O) groups excluding carboxylic acids is 1. The lowest BCUT2D eigenvalue weighted by atomic mass is 10.1. The fourth-order valence-electron chi connectivity index (χ4n) is 2.20. The van der Waals surface area contributed by atoms with E-state index in [2.05, 4.69) is 10.2 Å². The molecule has 0 radical (unpaired) electrons. The maximum absolute atomic E-state index is 12.0. The summed E-state index contributed by atoms with van der Waals surface area (Å²) >= 11 is 5.71. The summed E-state index contributed by atoms with van der Waals surface area (Å²) < 4.78 is 10.5. The Hall–Kier alpha value is -3.26. The second kappa shape index (κ2) is 7.32. The number of esters is 1. The van der Waals surface area contributed by atoms with Gasteiger partial charge in [0.05, 0.1) is 10.5 Å². The molecule has 0 saturated heterocycles. The van der Waals surface area contributed by atoms with Crippen LogP contribution in [0.15, 0.2) is 46.9 Å². The molecule has 2 aromatic carbocycles. The molecule has 0 unspecified atom stereocenters. The SMILES string of the molecule is Cc1cccc(-c2nnc(COC(=O)c3ccc(Cl)c([N+](=O)[O-])c3)o2)c1. The van der Waals surface area contributed by atoms with Gasteiger partial charge in [0.15, 0.2) is 6.61 Å². The molecule has 0 N–H and O–H groups in total. The smallest absolute Gasteiger partial charge is 0.338 e. The lowest BCUT2D eigenvalue weighted by Crippen LogP contribution is -2.06. The number of nitro benzene ring substituents is 1. The van der Waals surface area contributed by atoms with Crippen LogP contribution in [-0.4, -0.2) is 21.1 Å². The van der Waals surface area contributed by atoms with E-state index in [1.807, 2.05) is 31.2 Å². The predicted molar refractivity (Wildman–Crippen MR) is 91.7 cm³/mol. The van der Waals surface area contributed by atoms with Crippen LogP contribution in [0.1, 0.15) is 21.8 Å². The van der Waals surface area contributed by atoms with E-state index in [9.17, 15) is 14.9 Å². The lowest BCUT2D eigenvalue weighted by Gasteiger charge is -2.03. The van der Waals surface area contributed by atoms with Gasteiger partial charge in [-0.3, -0.25) is 10.1 Å². The molecule has 0 aliphatic carbocycles. The molecule has 1 heterocycles. The molecular weight excluding hydrogens is 362 g/mol. The highest BCUT2D eigenvalue weighted by atomic mass is 35.5. The Morgan fingerprint density at radius 3 is 2.81 bits per heavy atom. The van der Waals surface area contributed by atoms with Crippen LogP contribution >= 0.6 is 11.6 Å². The molecule has 0 bridgehead atoms. The summed E-state index contributed by atoms with van der Waals surface area (Å²) in [5.41, 5.74) is 1.42. The summed E-state index contributed by atoms with van der Waals surface area (Å²) in [4.78, 5) is 22.2. The molecule has 0 amide bonds. The van der Waals surface area contributed by atoms with Gasteiger partial charge in [-0.15, -0.1) is 10.2 Å². The maximum atomic E-state index is 12.0. The van der Waals surface area contributed by atoms with Gasteiger partial charge < -0.3 is 9.15 Å². The van der Waals surface area contributed by atoms with Crippen LogP contribution in [0.3, 0.4) is 0 Å². The molecule has 9 heteroatoms. The molecule has 0 aliphatic rings. The topological polar surface area (TPSA) is 108 Å². The number of halogens is 1. The Balaban J connectivity index is 1.69. The Morgan fingerprint density at radius 2 is 2.08 bits per heavy atom. The first-order valence-corrected chi connectivity index (χ1v) is 7.82. The van der Waals surface area contributed by atoms with E-state index in [0.717, 1.165) is 17.2 Å². The summed E-state index contributed by atoms with van der Waals surface area (Å²) in [6.45, 7) is 1.68. The van der Waals surface area contributed by atoms with Crippen molar-refractivity contribution >= 4 is 23.3 Å². The van der Waals surface area contributed by atoms with Gasteiger partial charge in [-0.05, 0) is 31.2 Å². The van der Waals surface area contributed by atoms with Crippen LogP contribution in [0.5, 0.6) is 0 Å². The molecular formula is C17H12ClN3O5. The standard InChI is InChI=1S/C17H12ClN3O5/c1-10-3-2-4-11(7-10)16-20-19-15(26-16)9-25-17(22)12-5-6-13(18)14(8-12)21(23)24/h2-8H,9H2,1H3. The van der Waals surface area contributed by atoms with Crippen molar-refractivity contribution in [2.75, 3.05) is 0 Å². The van der Waals surface area contributed by atoms with E-state index < -0.39 is 10.9 Å². The number of hydrogen-bond acceptors (Lipinski definition) is 7. The first kappa shape index (κ1) is 17.6. The maximum Gasteiger partial charge on any atom is 0.338 e. The van der Waals surface area contributed by atoms with Crippen molar-refractivity contribution in [3.8, 4) is 11.5 Å². The monoisotopic (exact) mass is 373 g/mol. The molecule has 1 aromatic heterocycles. The third-order valence-corrected chi connectivity index (χ3v) is 3.76. The number of nitro groups is 1. The van der Waals surface area contributed by atoms with E-state index >= 15 is 0 Å². The minimum atomic E-state index is -0.764. The molecule has 0 fully saturated rings. The summed E-state index contributed by atoms with van der Waals surface area (Å²) in [5, 5.41) is 18.5. The molecule has 0 aliphatic heterocycles. The Morgan fingerprint density at radius 1 is 1.27 bits per heavy atom. The third-order valence-electron chi connectivity index (χ3n) is 3.44. The largest absolute Gasteiger partial charge is 0.452 e. The van der Waals surface area contributed by atoms with Crippen molar-refractivity contribution in [3.05, 3.63) is 74.6 Å². The zero-order valence-corrected chi connectivity index (χ0v) is 14.3. The molecule has 132 valence electrons. The van der Waals surface area contributed by atoms with E-state index in [-0.39, 0.29) is 28.8 Å². The number of aromatic nitrogens is 2. The number of carbonyl (C=O) groups is 1. The molecule has 3 rings (SSSR count). The Labute approximate surface area is 152 Å². The number of nitrogens with zero attached hydrogens (tertiary/aromatic N) is 3. The first-order chi connectivity index (χ1) is 12.4.